The quantitative estimate of drug-likeness (QED) is 0.253. The lowest BCUT2D eigenvalue weighted by molar-refractivity contribution is -0.137. The molecule has 5 rings (SSSR count). The summed E-state index contributed by atoms with van der Waals surface area (Å²) in [5.74, 6) is -0.530. The van der Waals surface area contributed by atoms with Gasteiger partial charge in [0.25, 0.3) is 5.56 Å². The molecule has 0 aliphatic rings. The fraction of sp³-hybridized carbons (Fsp3) is 0.0417. The Morgan fingerprint density at radius 3 is 2.50 bits per heavy atom. The summed E-state index contributed by atoms with van der Waals surface area (Å²) in [5.41, 5.74) is 2.08. The van der Waals surface area contributed by atoms with Gasteiger partial charge in [-0.05, 0) is 36.4 Å². The minimum atomic E-state index is -4.60. The van der Waals surface area contributed by atoms with Gasteiger partial charge < -0.3 is 5.11 Å². The van der Waals surface area contributed by atoms with Crippen molar-refractivity contribution in [2.45, 2.75) is 6.18 Å². The number of halogens is 3. The lowest BCUT2D eigenvalue weighted by Crippen LogP contribution is -2.20. The van der Waals surface area contributed by atoms with Crippen LogP contribution >= 0.6 is 11.3 Å². The lowest BCUT2D eigenvalue weighted by Gasteiger charge is -2.15. The van der Waals surface area contributed by atoms with Crippen LogP contribution in [0.2, 0.25) is 0 Å². The smallest absolute Gasteiger partial charge is 0.416 e. The Kier molecular flexibility index (Phi) is 5.29. The van der Waals surface area contributed by atoms with E-state index in [2.05, 4.69) is 15.5 Å². The topological polar surface area (TPSA) is 79.5 Å². The number of fused-ring (bicyclic) bond motifs is 2. The van der Waals surface area contributed by atoms with Crippen molar-refractivity contribution in [3.05, 3.63) is 94.3 Å². The molecule has 0 spiro atoms. The molecule has 2 aromatic heterocycles. The zero-order valence-corrected chi connectivity index (χ0v) is 18.1. The van der Waals surface area contributed by atoms with Gasteiger partial charge in [-0.15, -0.1) is 0 Å². The summed E-state index contributed by atoms with van der Waals surface area (Å²) in [6, 6.07) is 18.3. The summed E-state index contributed by atoms with van der Waals surface area (Å²) in [7, 11) is 0. The molecule has 6 nitrogen and oxygen atoms in total. The van der Waals surface area contributed by atoms with Crippen molar-refractivity contribution < 1.29 is 18.3 Å². The molecular weight excluding hydrogens is 465 g/mol. The maximum absolute atomic E-state index is 13.2. The SMILES string of the molecule is O=c1c2ccccc2c(C=NNc2nc3ccccc3s2)c(O)n1-c1cccc(C(F)(F)F)c1. The molecule has 0 amide bonds. The maximum atomic E-state index is 13.2. The number of para-hydroxylation sites is 1. The second kappa shape index (κ2) is 8.31. The van der Waals surface area contributed by atoms with Crippen molar-refractivity contribution in [1.82, 2.24) is 9.55 Å². The van der Waals surface area contributed by atoms with Gasteiger partial charge in [0.05, 0.1) is 33.2 Å². The second-order valence-electron chi connectivity index (χ2n) is 7.33. The summed E-state index contributed by atoms with van der Waals surface area (Å²) in [4.78, 5) is 17.5. The predicted molar refractivity (Wildman–Crippen MR) is 127 cm³/mol. The van der Waals surface area contributed by atoms with Crippen molar-refractivity contribution in [3.63, 3.8) is 0 Å². The number of hydrazone groups is 1. The molecular formula is C24H15F3N4O2S. The number of hydrogen-bond acceptors (Lipinski definition) is 6. The molecule has 0 saturated heterocycles. The van der Waals surface area contributed by atoms with Crippen LogP contribution < -0.4 is 11.0 Å². The van der Waals surface area contributed by atoms with E-state index in [1.165, 1.54) is 29.7 Å². The first-order valence-electron chi connectivity index (χ1n) is 10.0. The molecule has 2 N–H and O–H groups in total. The first-order valence-corrected chi connectivity index (χ1v) is 10.8. The molecule has 0 aliphatic carbocycles. The number of rotatable bonds is 4. The lowest BCUT2D eigenvalue weighted by atomic mass is 10.1. The Morgan fingerprint density at radius 2 is 1.74 bits per heavy atom. The van der Waals surface area contributed by atoms with Gasteiger partial charge in [0.2, 0.25) is 11.0 Å². The number of aromatic hydroxyl groups is 1. The van der Waals surface area contributed by atoms with Crippen LogP contribution in [0.1, 0.15) is 11.1 Å². The number of hydrogen-bond donors (Lipinski definition) is 2. The molecule has 2 heterocycles. The Bertz CT molecular complexity index is 1590. The van der Waals surface area contributed by atoms with E-state index >= 15 is 0 Å². The Morgan fingerprint density at radius 1 is 1.00 bits per heavy atom. The highest BCUT2D eigenvalue weighted by atomic mass is 32.1. The van der Waals surface area contributed by atoms with Crippen LogP contribution in [-0.2, 0) is 6.18 Å². The van der Waals surface area contributed by atoms with Crippen molar-refractivity contribution in [1.29, 1.82) is 0 Å². The van der Waals surface area contributed by atoms with Crippen LogP contribution in [0.4, 0.5) is 18.3 Å². The fourth-order valence-electron chi connectivity index (χ4n) is 3.62. The van der Waals surface area contributed by atoms with Crippen molar-refractivity contribution in [2.24, 2.45) is 5.10 Å². The summed E-state index contributed by atoms with van der Waals surface area (Å²) >= 11 is 1.39. The van der Waals surface area contributed by atoms with Crippen LogP contribution in [0.3, 0.4) is 0 Å². The molecule has 0 bridgehead atoms. The molecule has 0 radical (unpaired) electrons. The van der Waals surface area contributed by atoms with Gasteiger partial charge in [-0.25, -0.2) is 9.55 Å². The van der Waals surface area contributed by atoms with Crippen molar-refractivity contribution in [2.75, 3.05) is 5.43 Å². The van der Waals surface area contributed by atoms with E-state index in [1.54, 1.807) is 24.3 Å². The van der Waals surface area contributed by atoms with E-state index in [1.807, 2.05) is 24.3 Å². The van der Waals surface area contributed by atoms with Gasteiger partial charge in [-0.2, -0.15) is 18.3 Å². The largest absolute Gasteiger partial charge is 0.494 e. The number of alkyl halides is 3. The molecule has 0 aliphatic heterocycles. The van der Waals surface area contributed by atoms with Gasteiger partial charge >= 0.3 is 6.18 Å². The summed E-state index contributed by atoms with van der Waals surface area (Å²) < 4.78 is 41.5. The Balaban J connectivity index is 1.62. The molecule has 0 atom stereocenters. The average Bonchev–Trinajstić information content (AvgIpc) is 3.24. The third kappa shape index (κ3) is 3.88. The highest BCUT2D eigenvalue weighted by Crippen LogP contribution is 2.32. The van der Waals surface area contributed by atoms with Gasteiger partial charge in [0, 0.05) is 10.8 Å². The van der Waals surface area contributed by atoms with Gasteiger partial charge in [-0.1, -0.05) is 47.7 Å². The van der Waals surface area contributed by atoms with Crippen LogP contribution in [0.15, 0.2) is 82.7 Å². The van der Waals surface area contributed by atoms with Gasteiger partial charge in [0.1, 0.15) is 0 Å². The van der Waals surface area contributed by atoms with E-state index in [-0.39, 0.29) is 16.6 Å². The number of nitrogens with zero attached hydrogens (tertiary/aromatic N) is 3. The third-order valence-corrected chi connectivity index (χ3v) is 6.12. The molecule has 0 saturated carbocycles. The van der Waals surface area contributed by atoms with Crippen molar-refractivity contribution >= 4 is 43.7 Å². The number of nitrogens with one attached hydrogen (secondary N) is 1. The van der Waals surface area contributed by atoms with Gasteiger partial charge in [0.15, 0.2) is 0 Å². The molecule has 3 aromatic carbocycles. The number of pyridine rings is 1. The zero-order chi connectivity index (χ0) is 23.9. The number of thiazole rings is 1. The van der Waals surface area contributed by atoms with E-state index in [0.29, 0.717) is 10.5 Å². The van der Waals surface area contributed by atoms with E-state index in [0.717, 1.165) is 26.9 Å². The number of aromatic nitrogens is 2. The zero-order valence-electron chi connectivity index (χ0n) is 17.2. The van der Waals surface area contributed by atoms with Crippen LogP contribution in [0.5, 0.6) is 5.88 Å². The monoisotopic (exact) mass is 480 g/mol. The average molecular weight is 480 g/mol. The first kappa shape index (κ1) is 21.7. The molecule has 10 heteroatoms. The van der Waals surface area contributed by atoms with Crippen LogP contribution in [0, 0.1) is 0 Å². The fourth-order valence-corrected chi connectivity index (χ4v) is 4.44. The maximum Gasteiger partial charge on any atom is 0.416 e. The van der Waals surface area contributed by atoms with Crippen LogP contribution in [0.25, 0.3) is 26.7 Å². The predicted octanol–water partition coefficient (Wildman–Crippen LogP) is 5.77. The number of anilines is 1. The minimum absolute atomic E-state index is 0.114. The standard InChI is InChI=1S/C24H15F3N4O2S/c25-24(26,27)14-6-5-7-15(12-14)31-21(32)17-9-2-1-8-16(17)18(22(31)33)13-28-30-23-29-19-10-3-4-11-20(19)34-23/h1-13,33H,(H,29,30). The minimum Gasteiger partial charge on any atom is -0.494 e. The van der Waals surface area contributed by atoms with E-state index in [9.17, 15) is 23.1 Å². The molecule has 0 unspecified atom stereocenters. The summed E-state index contributed by atoms with van der Waals surface area (Å²) in [6.45, 7) is 0. The second-order valence-corrected chi connectivity index (χ2v) is 8.36. The highest BCUT2D eigenvalue weighted by Gasteiger charge is 2.31. The van der Waals surface area contributed by atoms with Gasteiger partial charge in [-0.3, -0.25) is 10.2 Å². The Labute approximate surface area is 194 Å². The summed E-state index contributed by atoms with van der Waals surface area (Å²) in [6.07, 6.45) is -3.29. The first-order chi connectivity index (χ1) is 16.3. The normalized spacial score (nSPS) is 12.1. The molecule has 170 valence electrons. The molecule has 5 aromatic rings. The Hall–Kier alpha value is -4.18. The van der Waals surface area contributed by atoms with Crippen molar-refractivity contribution in [3.8, 4) is 11.6 Å². The van der Waals surface area contributed by atoms with E-state index < -0.39 is 23.2 Å². The number of benzene rings is 3. The molecule has 34 heavy (non-hydrogen) atoms. The van der Waals surface area contributed by atoms with E-state index in [4.69, 9.17) is 0 Å². The highest BCUT2D eigenvalue weighted by molar-refractivity contribution is 7.22. The molecule has 0 fully saturated rings. The van der Waals surface area contributed by atoms with Crippen LogP contribution in [-0.4, -0.2) is 20.9 Å². The summed E-state index contributed by atoms with van der Waals surface area (Å²) in [5, 5.41) is 16.3. The third-order valence-electron chi connectivity index (χ3n) is 5.18.